The number of nitrogens with zero attached hydrogens (tertiary/aromatic N) is 2. The fourth-order valence-corrected chi connectivity index (χ4v) is 5.91. The Morgan fingerprint density at radius 2 is 1.59 bits per heavy atom. The first-order chi connectivity index (χ1) is 16.4. The molecule has 2 amide bonds. The van der Waals surface area contributed by atoms with Crippen molar-refractivity contribution in [2.75, 3.05) is 7.11 Å². The molecule has 0 aliphatic carbocycles. The predicted molar refractivity (Wildman–Crippen MR) is 125 cm³/mol. The van der Waals surface area contributed by atoms with E-state index in [1.807, 2.05) is 86.7 Å². The highest BCUT2D eigenvalue weighted by Crippen LogP contribution is 2.49. The molecule has 7 nitrogen and oxygen atoms in total. The zero-order valence-electron chi connectivity index (χ0n) is 19.5. The maximum atomic E-state index is 13.7. The zero-order valence-corrected chi connectivity index (χ0v) is 19.5. The minimum absolute atomic E-state index is 0.0608. The van der Waals surface area contributed by atoms with Crippen LogP contribution in [0.3, 0.4) is 0 Å². The Morgan fingerprint density at radius 1 is 1.00 bits per heavy atom. The molecule has 0 saturated carbocycles. The molecule has 2 saturated heterocycles. The lowest BCUT2D eigenvalue weighted by molar-refractivity contribution is -0.129. The van der Waals surface area contributed by atoms with Crippen molar-refractivity contribution in [1.82, 2.24) is 9.80 Å². The van der Waals surface area contributed by atoms with Crippen molar-refractivity contribution in [1.29, 1.82) is 0 Å². The van der Waals surface area contributed by atoms with E-state index >= 15 is 0 Å². The monoisotopic (exact) mass is 460 g/mol. The first kappa shape index (κ1) is 22.2. The molecule has 0 N–H and O–H groups in total. The van der Waals surface area contributed by atoms with Gasteiger partial charge in [0.15, 0.2) is 11.4 Å². The lowest BCUT2D eigenvalue weighted by atomic mass is 9.75. The Hall–Kier alpha value is -3.61. The number of fused-ring (bicyclic) bond motifs is 2. The molecular weight excluding hydrogens is 432 g/mol. The first-order valence-electron chi connectivity index (χ1n) is 11.6. The minimum atomic E-state index is -1.11. The number of rotatable bonds is 4. The van der Waals surface area contributed by atoms with Crippen molar-refractivity contribution in [3.8, 4) is 0 Å². The molecule has 34 heavy (non-hydrogen) atoms. The van der Waals surface area contributed by atoms with E-state index in [-0.39, 0.29) is 24.2 Å². The van der Waals surface area contributed by atoms with E-state index in [4.69, 9.17) is 9.47 Å². The van der Waals surface area contributed by atoms with Gasteiger partial charge >= 0.3 is 12.2 Å². The van der Waals surface area contributed by atoms with Crippen LogP contribution in [0.15, 0.2) is 72.8 Å². The summed E-state index contributed by atoms with van der Waals surface area (Å²) in [4.78, 5) is 42.9. The van der Waals surface area contributed by atoms with Gasteiger partial charge in [0, 0.05) is 17.5 Å². The largest absolute Gasteiger partial charge is 0.453 e. The number of amides is 2. The van der Waals surface area contributed by atoms with Gasteiger partial charge in [0.1, 0.15) is 6.04 Å². The summed E-state index contributed by atoms with van der Waals surface area (Å²) in [7, 11) is 1.32. The summed E-state index contributed by atoms with van der Waals surface area (Å²) in [6.07, 6.45) is 2.75. The van der Waals surface area contributed by atoms with Gasteiger partial charge in [-0.25, -0.2) is 9.59 Å². The van der Waals surface area contributed by atoms with Crippen LogP contribution in [-0.2, 0) is 19.9 Å². The fraction of sp³-hybridized carbons (Fsp3) is 0.370. The summed E-state index contributed by atoms with van der Waals surface area (Å²) < 4.78 is 11.3. The highest BCUT2D eigenvalue weighted by molar-refractivity contribution is 5.93. The maximum absolute atomic E-state index is 13.7. The quantitative estimate of drug-likeness (QED) is 0.642. The van der Waals surface area contributed by atoms with Gasteiger partial charge in [-0.2, -0.15) is 0 Å². The van der Waals surface area contributed by atoms with E-state index in [1.54, 1.807) is 9.80 Å². The summed E-state index contributed by atoms with van der Waals surface area (Å²) in [5.41, 5.74) is 0.566. The van der Waals surface area contributed by atoms with Crippen LogP contribution in [0.2, 0.25) is 0 Å². The smallest absolute Gasteiger partial charge is 0.412 e. The number of Topliss-reactive ketones (excluding diaryl/α,β-unsaturated/α-hetero) is 1. The first-order valence-corrected chi connectivity index (χ1v) is 11.6. The van der Waals surface area contributed by atoms with E-state index in [2.05, 4.69) is 0 Å². The van der Waals surface area contributed by atoms with Crippen LogP contribution in [0.4, 0.5) is 9.59 Å². The average Bonchev–Trinajstić information content (AvgIpc) is 3.34. The van der Waals surface area contributed by atoms with Gasteiger partial charge < -0.3 is 9.47 Å². The van der Waals surface area contributed by atoms with Crippen LogP contribution in [0.5, 0.6) is 0 Å². The molecule has 0 aromatic heterocycles. The number of hydrogen-bond donors (Lipinski definition) is 0. The normalized spacial score (nSPS) is 27.3. The van der Waals surface area contributed by atoms with Gasteiger partial charge in [0.2, 0.25) is 0 Å². The number of piperidine rings is 1. The predicted octanol–water partition coefficient (Wildman–Crippen LogP) is 4.12. The van der Waals surface area contributed by atoms with Gasteiger partial charge in [-0.1, -0.05) is 86.7 Å². The number of ketones is 1. The van der Waals surface area contributed by atoms with Crippen LogP contribution in [0.1, 0.15) is 31.4 Å². The average molecular weight is 461 g/mol. The molecule has 2 aromatic rings. The second-order valence-corrected chi connectivity index (χ2v) is 9.37. The standard InChI is InChI=1S/C27H28N2O5/c1-17(2)24-27(18-10-6-4-7-11-18,19-12-8-5-9-13-19)34-26(32)29(24)23-21-15-14-20(16-22(23)30)28(21)25(31)33-3/h4-15,17,20-21,23-24H,16H2,1-3H3/t20-,21+,23-,24-/m0/s1. The molecule has 4 atom stereocenters. The molecule has 0 radical (unpaired) electrons. The molecule has 0 unspecified atom stereocenters. The van der Waals surface area contributed by atoms with Crippen LogP contribution < -0.4 is 0 Å². The molecule has 2 fully saturated rings. The van der Waals surface area contributed by atoms with Crippen molar-refractivity contribution < 1.29 is 23.9 Å². The van der Waals surface area contributed by atoms with E-state index in [0.29, 0.717) is 0 Å². The van der Waals surface area contributed by atoms with Crippen LogP contribution in [-0.4, -0.2) is 59.0 Å². The maximum Gasteiger partial charge on any atom is 0.412 e. The van der Waals surface area contributed by atoms with Crippen LogP contribution in [0.25, 0.3) is 0 Å². The summed E-state index contributed by atoms with van der Waals surface area (Å²) in [5.74, 6) is -0.144. The van der Waals surface area contributed by atoms with Gasteiger partial charge in [-0.05, 0) is 5.92 Å². The lowest BCUT2D eigenvalue weighted by Gasteiger charge is -2.45. The minimum Gasteiger partial charge on any atom is -0.453 e. The summed E-state index contributed by atoms with van der Waals surface area (Å²) >= 11 is 0. The molecule has 2 aromatic carbocycles. The van der Waals surface area contributed by atoms with E-state index in [9.17, 15) is 14.4 Å². The summed E-state index contributed by atoms with van der Waals surface area (Å²) in [6.45, 7) is 4.05. The number of benzene rings is 2. The highest BCUT2D eigenvalue weighted by atomic mass is 16.6. The van der Waals surface area contributed by atoms with Crippen LogP contribution >= 0.6 is 0 Å². The highest BCUT2D eigenvalue weighted by Gasteiger charge is 2.62. The molecule has 0 spiro atoms. The van der Waals surface area contributed by atoms with Gasteiger partial charge in [-0.3, -0.25) is 14.6 Å². The van der Waals surface area contributed by atoms with Crippen molar-refractivity contribution in [2.45, 2.75) is 50.0 Å². The van der Waals surface area contributed by atoms with E-state index in [0.717, 1.165) is 11.1 Å². The summed E-state index contributed by atoms with van der Waals surface area (Å²) in [6, 6.07) is 17.0. The molecule has 176 valence electrons. The molecule has 2 bridgehead atoms. The Balaban J connectivity index is 1.67. The van der Waals surface area contributed by atoms with Crippen molar-refractivity contribution >= 4 is 18.0 Å². The SMILES string of the molecule is COC(=O)N1[C@@H]2C=C[C@H]1CC(=O)[C@H]2N1C(=O)OC(c2ccccc2)(c2ccccc2)[C@@H]1C(C)C. The number of methoxy groups -OCH3 is 1. The molecule has 3 heterocycles. The Bertz CT molecular complexity index is 1090. The summed E-state index contributed by atoms with van der Waals surface area (Å²) in [5, 5.41) is 0. The molecular formula is C27H28N2O5. The Labute approximate surface area is 198 Å². The second kappa shape index (κ2) is 8.31. The Morgan fingerprint density at radius 3 is 2.12 bits per heavy atom. The lowest BCUT2D eigenvalue weighted by Crippen LogP contribution is -2.64. The van der Waals surface area contributed by atoms with Crippen molar-refractivity contribution in [2.24, 2.45) is 5.92 Å². The number of hydrogen-bond acceptors (Lipinski definition) is 5. The Kier molecular flexibility index (Phi) is 5.42. The molecule has 5 rings (SSSR count). The van der Waals surface area contributed by atoms with Gasteiger partial charge in [0.25, 0.3) is 0 Å². The molecule has 3 aliphatic heterocycles. The molecule has 7 heteroatoms. The van der Waals surface area contributed by atoms with Crippen molar-refractivity contribution in [3.63, 3.8) is 0 Å². The molecule has 3 aliphatic rings. The zero-order chi connectivity index (χ0) is 24.0. The number of ether oxygens (including phenoxy) is 2. The van der Waals surface area contributed by atoms with Crippen molar-refractivity contribution in [3.05, 3.63) is 83.9 Å². The number of carbonyl (C=O) groups excluding carboxylic acids is 3. The number of cyclic esters (lactones) is 1. The van der Waals surface area contributed by atoms with E-state index in [1.165, 1.54) is 7.11 Å². The third-order valence-corrected chi connectivity index (χ3v) is 7.17. The topological polar surface area (TPSA) is 76.2 Å². The van der Waals surface area contributed by atoms with Crippen LogP contribution in [0, 0.1) is 5.92 Å². The second-order valence-electron chi connectivity index (χ2n) is 9.37. The number of carbonyl (C=O) groups is 3. The van der Waals surface area contributed by atoms with E-state index < -0.39 is 35.9 Å². The fourth-order valence-electron chi connectivity index (χ4n) is 5.91. The third-order valence-electron chi connectivity index (χ3n) is 7.17. The van der Waals surface area contributed by atoms with Gasteiger partial charge in [0.05, 0.1) is 25.2 Å². The van der Waals surface area contributed by atoms with Gasteiger partial charge in [-0.15, -0.1) is 0 Å². The third kappa shape index (κ3) is 3.14.